The predicted molar refractivity (Wildman–Crippen MR) is 77.9 cm³/mol. The van der Waals surface area contributed by atoms with Gasteiger partial charge < -0.3 is 20.9 Å². The summed E-state index contributed by atoms with van der Waals surface area (Å²) in [5.74, 6) is 0.523. The average Bonchev–Trinajstić information content (AvgIpc) is 2.38. The first kappa shape index (κ1) is 15.0. The van der Waals surface area contributed by atoms with Gasteiger partial charge in [0, 0.05) is 39.3 Å². The van der Waals surface area contributed by atoms with Gasteiger partial charge in [0.1, 0.15) is 0 Å². The maximum absolute atomic E-state index is 5.68. The van der Waals surface area contributed by atoms with Crippen molar-refractivity contribution in [2.24, 2.45) is 10.7 Å². The van der Waals surface area contributed by atoms with E-state index in [1.807, 2.05) is 0 Å². The molecule has 1 aliphatic rings. The Hall–Kier alpha value is -1.07. The molecule has 0 atom stereocenters. The third kappa shape index (κ3) is 6.61. The minimum absolute atomic E-state index is 0.523. The molecular weight excluding hydrogens is 226 g/mol. The van der Waals surface area contributed by atoms with Gasteiger partial charge in [0.2, 0.25) is 0 Å². The summed E-state index contributed by atoms with van der Waals surface area (Å²) in [7, 11) is 2.19. The van der Waals surface area contributed by atoms with Crippen molar-refractivity contribution in [2.75, 3.05) is 52.9 Å². The second kappa shape index (κ2) is 8.94. The molecule has 18 heavy (non-hydrogen) atoms. The monoisotopic (exact) mass is 253 g/mol. The lowest BCUT2D eigenvalue weighted by atomic mass is 10.2. The van der Waals surface area contributed by atoms with Gasteiger partial charge in [0.15, 0.2) is 5.96 Å². The van der Waals surface area contributed by atoms with E-state index in [2.05, 4.69) is 33.7 Å². The first-order valence-corrected chi connectivity index (χ1v) is 6.78. The normalized spacial score (nSPS) is 18.8. The number of aliphatic imine (C=N–C) groups is 1. The fourth-order valence-corrected chi connectivity index (χ4v) is 1.95. The largest absolute Gasteiger partial charge is 0.370 e. The molecule has 1 saturated heterocycles. The Kier molecular flexibility index (Phi) is 7.44. The third-order valence-corrected chi connectivity index (χ3v) is 3.19. The lowest BCUT2D eigenvalue weighted by Crippen LogP contribution is -2.44. The van der Waals surface area contributed by atoms with Gasteiger partial charge in [0.05, 0.1) is 0 Å². The van der Waals surface area contributed by atoms with Crippen LogP contribution in [-0.4, -0.2) is 68.6 Å². The van der Waals surface area contributed by atoms with Crippen LogP contribution in [0.3, 0.4) is 0 Å². The van der Waals surface area contributed by atoms with Crippen molar-refractivity contribution < 1.29 is 0 Å². The van der Waals surface area contributed by atoms with Crippen molar-refractivity contribution in [2.45, 2.75) is 12.8 Å². The van der Waals surface area contributed by atoms with Crippen LogP contribution in [-0.2, 0) is 0 Å². The molecule has 0 radical (unpaired) electrons. The van der Waals surface area contributed by atoms with Gasteiger partial charge in [-0.25, -0.2) is 0 Å². The highest BCUT2D eigenvalue weighted by atomic mass is 15.2. The van der Waals surface area contributed by atoms with Crippen LogP contribution in [0.1, 0.15) is 12.8 Å². The van der Waals surface area contributed by atoms with E-state index in [1.165, 1.54) is 39.1 Å². The molecule has 0 aliphatic carbocycles. The van der Waals surface area contributed by atoms with Crippen LogP contribution in [0.15, 0.2) is 17.6 Å². The number of nitrogens with one attached hydrogen (secondary N) is 1. The van der Waals surface area contributed by atoms with E-state index in [4.69, 9.17) is 5.73 Å². The molecule has 3 N–H and O–H groups in total. The summed E-state index contributed by atoms with van der Waals surface area (Å²) in [5, 5.41) is 2.97. The quantitative estimate of drug-likeness (QED) is 0.292. The second-order valence-electron chi connectivity index (χ2n) is 4.79. The summed E-state index contributed by atoms with van der Waals surface area (Å²) in [4.78, 5) is 9.18. The average molecular weight is 253 g/mol. The SMILES string of the molecule is C=CCNC(N)=NCCCCN1CCN(C)CC1. The molecular formula is C13H27N5. The Morgan fingerprint density at radius 3 is 2.72 bits per heavy atom. The van der Waals surface area contributed by atoms with E-state index in [0.717, 1.165) is 13.0 Å². The molecule has 104 valence electrons. The molecule has 0 aromatic carbocycles. The summed E-state index contributed by atoms with van der Waals surface area (Å²) < 4.78 is 0. The summed E-state index contributed by atoms with van der Waals surface area (Å²) >= 11 is 0. The Bertz CT molecular complexity index is 256. The number of nitrogens with two attached hydrogens (primary N) is 1. The van der Waals surface area contributed by atoms with E-state index in [0.29, 0.717) is 12.5 Å². The van der Waals surface area contributed by atoms with Crippen molar-refractivity contribution in [3.05, 3.63) is 12.7 Å². The third-order valence-electron chi connectivity index (χ3n) is 3.19. The number of hydrogen-bond donors (Lipinski definition) is 2. The zero-order chi connectivity index (χ0) is 13.2. The first-order valence-electron chi connectivity index (χ1n) is 6.78. The summed E-state index contributed by atoms with van der Waals surface area (Å²) in [6.07, 6.45) is 4.07. The minimum atomic E-state index is 0.523. The van der Waals surface area contributed by atoms with Gasteiger partial charge in [-0.3, -0.25) is 4.99 Å². The molecule has 0 saturated carbocycles. The molecule has 0 aromatic rings. The van der Waals surface area contributed by atoms with E-state index in [1.54, 1.807) is 6.08 Å². The van der Waals surface area contributed by atoms with Crippen LogP contribution in [0, 0.1) is 0 Å². The molecule has 0 unspecified atom stereocenters. The van der Waals surface area contributed by atoms with E-state index in [-0.39, 0.29) is 0 Å². The standard InChI is InChI=1S/C13H27N5/c1-3-6-15-13(14)16-7-4-5-8-18-11-9-17(2)10-12-18/h3H,1,4-12H2,2H3,(H3,14,15,16). The van der Waals surface area contributed by atoms with Crippen LogP contribution in [0.4, 0.5) is 0 Å². The number of rotatable bonds is 7. The van der Waals surface area contributed by atoms with Crippen LogP contribution in [0.25, 0.3) is 0 Å². The molecule has 0 bridgehead atoms. The van der Waals surface area contributed by atoms with Gasteiger partial charge >= 0.3 is 0 Å². The summed E-state index contributed by atoms with van der Waals surface area (Å²) in [6.45, 7) is 11.1. The first-order chi connectivity index (χ1) is 8.72. The van der Waals surface area contributed by atoms with Crippen LogP contribution in [0.2, 0.25) is 0 Å². The highest BCUT2D eigenvalue weighted by Gasteiger charge is 2.12. The van der Waals surface area contributed by atoms with Crippen LogP contribution < -0.4 is 11.1 Å². The van der Waals surface area contributed by atoms with Gasteiger partial charge in [-0.1, -0.05) is 6.08 Å². The zero-order valence-corrected chi connectivity index (χ0v) is 11.6. The van der Waals surface area contributed by atoms with Crippen molar-refractivity contribution in [1.29, 1.82) is 0 Å². The highest BCUT2D eigenvalue weighted by Crippen LogP contribution is 2.01. The molecule has 0 aromatic heterocycles. The van der Waals surface area contributed by atoms with Crippen molar-refractivity contribution >= 4 is 5.96 Å². The molecule has 5 heteroatoms. The molecule has 1 heterocycles. The zero-order valence-electron chi connectivity index (χ0n) is 11.6. The Balaban J connectivity index is 1.99. The molecule has 1 aliphatic heterocycles. The van der Waals surface area contributed by atoms with E-state index < -0.39 is 0 Å². The molecule has 1 rings (SSSR count). The smallest absolute Gasteiger partial charge is 0.188 e. The fraction of sp³-hybridized carbons (Fsp3) is 0.769. The number of nitrogens with zero attached hydrogens (tertiary/aromatic N) is 3. The Morgan fingerprint density at radius 2 is 2.06 bits per heavy atom. The molecule has 0 amide bonds. The van der Waals surface area contributed by atoms with Gasteiger partial charge in [-0.2, -0.15) is 0 Å². The minimum Gasteiger partial charge on any atom is -0.370 e. The lowest BCUT2D eigenvalue weighted by Gasteiger charge is -2.32. The number of unbranched alkanes of at least 4 members (excludes halogenated alkanes) is 1. The molecule has 5 nitrogen and oxygen atoms in total. The number of piperazine rings is 1. The van der Waals surface area contributed by atoms with Crippen LogP contribution in [0.5, 0.6) is 0 Å². The summed E-state index contributed by atoms with van der Waals surface area (Å²) in [6, 6.07) is 0. The lowest BCUT2D eigenvalue weighted by molar-refractivity contribution is 0.152. The predicted octanol–water partition coefficient (Wildman–Crippen LogP) is 0.104. The van der Waals surface area contributed by atoms with E-state index in [9.17, 15) is 0 Å². The van der Waals surface area contributed by atoms with Crippen molar-refractivity contribution in [3.8, 4) is 0 Å². The van der Waals surface area contributed by atoms with Crippen molar-refractivity contribution in [3.63, 3.8) is 0 Å². The van der Waals surface area contributed by atoms with Crippen molar-refractivity contribution in [1.82, 2.24) is 15.1 Å². The Morgan fingerprint density at radius 1 is 1.33 bits per heavy atom. The molecule has 1 fully saturated rings. The van der Waals surface area contributed by atoms with Gasteiger partial charge in [-0.15, -0.1) is 6.58 Å². The number of hydrogen-bond acceptors (Lipinski definition) is 3. The second-order valence-corrected chi connectivity index (χ2v) is 4.79. The number of likely N-dealkylation sites (N-methyl/N-ethyl adjacent to an activating group) is 1. The maximum Gasteiger partial charge on any atom is 0.188 e. The fourth-order valence-electron chi connectivity index (χ4n) is 1.95. The van der Waals surface area contributed by atoms with Gasteiger partial charge in [-0.05, 0) is 26.4 Å². The van der Waals surface area contributed by atoms with Crippen LogP contribution >= 0.6 is 0 Å². The van der Waals surface area contributed by atoms with E-state index >= 15 is 0 Å². The van der Waals surface area contributed by atoms with Gasteiger partial charge in [0.25, 0.3) is 0 Å². The topological polar surface area (TPSA) is 56.9 Å². The highest BCUT2D eigenvalue weighted by molar-refractivity contribution is 5.77. The number of guanidine groups is 1. The maximum atomic E-state index is 5.68. The summed E-state index contributed by atoms with van der Waals surface area (Å²) in [5.41, 5.74) is 5.68. The Labute approximate surface area is 111 Å². The molecule has 0 spiro atoms.